The van der Waals surface area contributed by atoms with E-state index in [0.29, 0.717) is 0 Å². The zero-order valence-corrected chi connectivity index (χ0v) is 10.3. The smallest absolute Gasteiger partial charge is 0.100 e. The Kier molecular flexibility index (Phi) is 5.20. The van der Waals surface area contributed by atoms with Crippen LogP contribution in [-0.4, -0.2) is 36.6 Å². The van der Waals surface area contributed by atoms with Gasteiger partial charge in [-0.25, -0.2) is 0 Å². The van der Waals surface area contributed by atoms with Crippen molar-refractivity contribution in [2.75, 3.05) is 20.8 Å². The minimum absolute atomic E-state index is 0.0533. The van der Waals surface area contributed by atoms with Crippen molar-refractivity contribution in [3.05, 3.63) is 35.9 Å². The molecule has 0 fully saturated rings. The van der Waals surface area contributed by atoms with Gasteiger partial charge in [-0.2, -0.15) is 0 Å². The fourth-order valence-electron chi connectivity index (χ4n) is 1.60. The van der Waals surface area contributed by atoms with Crippen LogP contribution in [0.5, 0.6) is 0 Å². The summed E-state index contributed by atoms with van der Waals surface area (Å²) in [6.07, 6.45) is -0.112. The minimum atomic E-state index is -0.112. The fourth-order valence-corrected chi connectivity index (χ4v) is 1.85. The van der Waals surface area contributed by atoms with Gasteiger partial charge in [-0.15, -0.1) is 0 Å². The molecule has 15 heavy (non-hydrogen) atoms. The molecule has 1 unspecified atom stereocenters. The molecule has 1 N–H and O–H groups in total. The first-order chi connectivity index (χ1) is 7.20. The Labute approximate surface area is 93.3 Å². The Bertz CT molecular complexity index is 279. The Morgan fingerprint density at radius 2 is 2.00 bits per heavy atom. The Morgan fingerprint density at radius 1 is 1.40 bits per heavy atom. The van der Waals surface area contributed by atoms with E-state index in [2.05, 4.69) is 9.39 Å². The molecule has 0 heterocycles. The lowest BCUT2D eigenvalue weighted by Crippen LogP contribution is -2.34. The van der Waals surface area contributed by atoms with Crippen LogP contribution in [0.1, 0.15) is 11.7 Å². The number of rotatable bonds is 5. The van der Waals surface area contributed by atoms with Crippen LogP contribution >= 0.6 is 9.39 Å². The minimum Gasteiger partial charge on any atom is -0.395 e. The van der Waals surface area contributed by atoms with Crippen molar-refractivity contribution in [3.63, 3.8) is 0 Å². The van der Waals surface area contributed by atoms with Gasteiger partial charge >= 0.3 is 0 Å². The van der Waals surface area contributed by atoms with E-state index in [9.17, 15) is 5.11 Å². The van der Waals surface area contributed by atoms with Crippen LogP contribution in [0, 0.1) is 0 Å². The summed E-state index contributed by atoms with van der Waals surface area (Å²) >= 11 is 0. The van der Waals surface area contributed by atoms with E-state index in [4.69, 9.17) is 4.74 Å². The van der Waals surface area contributed by atoms with Gasteiger partial charge in [-0.3, -0.25) is 4.67 Å². The highest BCUT2D eigenvalue weighted by Crippen LogP contribution is 2.24. The molecule has 1 aromatic rings. The van der Waals surface area contributed by atoms with Crippen LogP contribution in [0.2, 0.25) is 0 Å². The van der Waals surface area contributed by atoms with Gasteiger partial charge in [0.15, 0.2) is 0 Å². The van der Waals surface area contributed by atoms with Gasteiger partial charge in [0.2, 0.25) is 0 Å². The molecule has 1 rings (SSSR count). The number of aliphatic hydroxyl groups excluding tert-OH is 1. The number of methoxy groups -OCH3 is 1. The normalized spacial score (nSPS) is 15.3. The third kappa shape index (κ3) is 3.25. The SMILES string of the molecule is CO[C@H](c1ccccc1)[C@@H](CO)N(C)P. The van der Waals surface area contributed by atoms with Crippen molar-refractivity contribution in [2.45, 2.75) is 12.1 Å². The molecule has 0 amide bonds. The zero-order chi connectivity index (χ0) is 11.3. The molecule has 84 valence electrons. The highest BCUT2D eigenvalue weighted by molar-refractivity contribution is 7.13. The molecule has 1 aromatic carbocycles. The van der Waals surface area contributed by atoms with Crippen LogP contribution in [0.3, 0.4) is 0 Å². The van der Waals surface area contributed by atoms with Crippen molar-refractivity contribution in [2.24, 2.45) is 0 Å². The van der Waals surface area contributed by atoms with E-state index in [1.807, 2.05) is 42.0 Å². The van der Waals surface area contributed by atoms with E-state index in [0.717, 1.165) is 5.56 Å². The number of nitrogens with zero attached hydrogens (tertiary/aromatic N) is 1. The quantitative estimate of drug-likeness (QED) is 0.773. The van der Waals surface area contributed by atoms with Crippen molar-refractivity contribution >= 4 is 9.39 Å². The number of benzene rings is 1. The van der Waals surface area contributed by atoms with Crippen molar-refractivity contribution in [1.82, 2.24) is 4.67 Å². The van der Waals surface area contributed by atoms with Crippen LogP contribution in [-0.2, 0) is 4.74 Å². The number of likely N-dealkylation sites (N-methyl/N-ethyl adjacent to an activating group) is 1. The number of hydrogen-bond donors (Lipinski definition) is 1. The molecule has 0 radical (unpaired) electrons. The molecule has 0 aliphatic heterocycles. The summed E-state index contributed by atoms with van der Waals surface area (Å²) in [6.45, 7) is 0.0629. The van der Waals surface area contributed by atoms with Gasteiger partial charge in [0.1, 0.15) is 6.10 Å². The van der Waals surface area contributed by atoms with Crippen molar-refractivity contribution in [3.8, 4) is 0 Å². The van der Waals surface area contributed by atoms with E-state index in [-0.39, 0.29) is 18.8 Å². The predicted molar refractivity (Wildman–Crippen MR) is 64.5 cm³/mol. The van der Waals surface area contributed by atoms with Crippen LogP contribution in [0.4, 0.5) is 0 Å². The largest absolute Gasteiger partial charge is 0.395 e. The van der Waals surface area contributed by atoms with Gasteiger partial charge < -0.3 is 9.84 Å². The first-order valence-electron chi connectivity index (χ1n) is 4.86. The highest BCUT2D eigenvalue weighted by atomic mass is 31.0. The third-order valence-electron chi connectivity index (χ3n) is 2.44. The standard InChI is InChI=1S/C11H18NO2P/c1-12(15)10(8-13)11(14-2)9-6-4-3-5-7-9/h3-7,10-11,13H,8,15H2,1-2H3/t10-,11-/m1/s1. The molecule has 3 atom stereocenters. The maximum atomic E-state index is 9.32. The Balaban J connectivity index is 2.87. The summed E-state index contributed by atoms with van der Waals surface area (Å²) in [5.41, 5.74) is 1.08. The third-order valence-corrected chi connectivity index (χ3v) is 2.82. The summed E-state index contributed by atoms with van der Waals surface area (Å²) in [5.74, 6) is 0. The monoisotopic (exact) mass is 227 g/mol. The molecule has 0 saturated heterocycles. The molecule has 3 nitrogen and oxygen atoms in total. The second-order valence-electron chi connectivity index (χ2n) is 3.48. The molecule has 0 aliphatic rings. The molecular weight excluding hydrogens is 209 g/mol. The summed E-state index contributed by atoms with van der Waals surface area (Å²) in [6, 6.07) is 9.87. The number of ether oxygens (including phenoxy) is 1. The maximum Gasteiger partial charge on any atom is 0.100 e. The maximum absolute atomic E-state index is 9.32. The van der Waals surface area contributed by atoms with Crippen LogP contribution in [0.25, 0.3) is 0 Å². The molecule has 0 spiro atoms. The first-order valence-corrected chi connectivity index (χ1v) is 5.38. The van der Waals surface area contributed by atoms with E-state index in [1.54, 1.807) is 7.11 Å². The zero-order valence-electron chi connectivity index (χ0n) is 9.13. The Morgan fingerprint density at radius 3 is 2.40 bits per heavy atom. The van der Waals surface area contributed by atoms with Gasteiger partial charge in [0.25, 0.3) is 0 Å². The molecule has 4 heteroatoms. The van der Waals surface area contributed by atoms with Gasteiger partial charge in [-0.05, 0) is 12.6 Å². The van der Waals surface area contributed by atoms with Gasteiger partial charge in [-0.1, -0.05) is 39.7 Å². The lowest BCUT2D eigenvalue weighted by Gasteiger charge is -2.29. The highest BCUT2D eigenvalue weighted by Gasteiger charge is 2.23. The molecule has 0 saturated carbocycles. The fraction of sp³-hybridized carbons (Fsp3) is 0.455. The lowest BCUT2D eigenvalue weighted by atomic mass is 10.0. The molecular formula is C11H18NO2P. The summed E-state index contributed by atoms with van der Waals surface area (Å²) in [5, 5.41) is 9.32. The van der Waals surface area contributed by atoms with Crippen molar-refractivity contribution < 1.29 is 9.84 Å². The lowest BCUT2D eigenvalue weighted by molar-refractivity contribution is 0.0248. The predicted octanol–water partition coefficient (Wildman–Crippen LogP) is 1.46. The van der Waals surface area contributed by atoms with Crippen LogP contribution in [0.15, 0.2) is 30.3 Å². The summed E-state index contributed by atoms with van der Waals surface area (Å²) in [7, 11) is 6.12. The topological polar surface area (TPSA) is 32.7 Å². The Hall–Kier alpha value is -0.470. The van der Waals surface area contributed by atoms with Gasteiger partial charge in [0, 0.05) is 7.11 Å². The second kappa shape index (κ2) is 6.19. The van der Waals surface area contributed by atoms with Gasteiger partial charge in [0.05, 0.1) is 12.6 Å². The average Bonchev–Trinajstić information content (AvgIpc) is 2.26. The van der Waals surface area contributed by atoms with Crippen molar-refractivity contribution in [1.29, 1.82) is 0 Å². The molecule has 0 bridgehead atoms. The second-order valence-corrected chi connectivity index (χ2v) is 4.30. The van der Waals surface area contributed by atoms with Crippen LogP contribution < -0.4 is 0 Å². The first kappa shape index (κ1) is 12.6. The number of aliphatic hydroxyl groups is 1. The number of hydrogen-bond acceptors (Lipinski definition) is 3. The summed E-state index contributed by atoms with van der Waals surface area (Å²) < 4.78 is 7.33. The molecule has 0 aliphatic carbocycles. The van der Waals surface area contributed by atoms with E-state index < -0.39 is 0 Å². The van der Waals surface area contributed by atoms with E-state index in [1.165, 1.54) is 0 Å². The molecule has 0 aromatic heterocycles. The van der Waals surface area contributed by atoms with E-state index >= 15 is 0 Å². The summed E-state index contributed by atoms with van der Waals surface area (Å²) in [4.78, 5) is 0. The average molecular weight is 227 g/mol.